The lowest BCUT2D eigenvalue weighted by Gasteiger charge is -2.44. The molecule has 1 aromatic carbocycles. The minimum absolute atomic E-state index is 0.0198. The maximum absolute atomic E-state index is 11.0. The summed E-state index contributed by atoms with van der Waals surface area (Å²) in [5.74, 6) is 0.829. The molecule has 1 saturated carbocycles. The molecule has 114 valence electrons. The molecule has 2 atom stereocenters. The molecule has 0 spiro atoms. The third kappa shape index (κ3) is 3.22. The first-order chi connectivity index (χ1) is 10.1. The SMILES string of the molecule is O=[N+]([O-])c1cc(CN2CCC[C@H]3CCCC[C@H]32)ccc1Cl. The summed E-state index contributed by atoms with van der Waals surface area (Å²) in [4.78, 5) is 13.1. The monoisotopic (exact) mass is 308 g/mol. The van der Waals surface area contributed by atoms with Gasteiger partial charge in [-0.1, -0.05) is 30.5 Å². The second kappa shape index (κ2) is 6.32. The zero-order valence-electron chi connectivity index (χ0n) is 12.1. The Morgan fingerprint density at radius 2 is 2.00 bits per heavy atom. The molecule has 0 bridgehead atoms. The van der Waals surface area contributed by atoms with Gasteiger partial charge in [0.05, 0.1) is 4.92 Å². The van der Waals surface area contributed by atoms with Gasteiger partial charge in [0.15, 0.2) is 0 Å². The highest BCUT2D eigenvalue weighted by Crippen LogP contribution is 2.36. The number of fused-ring (bicyclic) bond motifs is 1. The lowest BCUT2D eigenvalue weighted by Crippen LogP contribution is -2.46. The number of nitrogens with zero attached hydrogens (tertiary/aromatic N) is 2. The van der Waals surface area contributed by atoms with Crippen molar-refractivity contribution in [2.24, 2.45) is 5.92 Å². The Morgan fingerprint density at radius 3 is 2.81 bits per heavy atom. The number of piperidine rings is 1. The third-order valence-electron chi connectivity index (χ3n) is 4.95. The molecular formula is C16H21ClN2O2. The number of rotatable bonds is 3. The van der Waals surface area contributed by atoms with Gasteiger partial charge in [0.25, 0.3) is 5.69 Å². The van der Waals surface area contributed by atoms with Gasteiger partial charge in [0.2, 0.25) is 0 Å². The van der Waals surface area contributed by atoms with Crippen LogP contribution in [0.4, 0.5) is 5.69 Å². The molecular weight excluding hydrogens is 288 g/mol. The molecule has 5 heteroatoms. The molecule has 1 aliphatic carbocycles. The van der Waals surface area contributed by atoms with Crippen LogP contribution in [0.5, 0.6) is 0 Å². The molecule has 21 heavy (non-hydrogen) atoms. The Morgan fingerprint density at radius 1 is 1.24 bits per heavy atom. The van der Waals surface area contributed by atoms with Gasteiger partial charge in [0, 0.05) is 18.7 Å². The van der Waals surface area contributed by atoms with Crippen molar-refractivity contribution in [3.63, 3.8) is 0 Å². The van der Waals surface area contributed by atoms with Crippen molar-refractivity contribution in [1.29, 1.82) is 0 Å². The largest absolute Gasteiger partial charge is 0.296 e. The van der Waals surface area contributed by atoms with E-state index in [2.05, 4.69) is 4.90 Å². The zero-order chi connectivity index (χ0) is 14.8. The molecule has 4 nitrogen and oxygen atoms in total. The van der Waals surface area contributed by atoms with Crippen LogP contribution in [0.25, 0.3) is 0 Å². The Kier molecular flexibility index (Phi) is 4.45. The van der Waals surface area contributed by atoms with Crippen LogP contribution < -0.4 is 0 Å². The summed E-state index contributed by atoms with van der Waals surface area (Å²) in [6, 6.07) is 5.87. The summed E-state index contributed by atoms with van der Waals surface area (Å²) in [7, 11) is 0. The van der Waals surface area contributed by atoms with Gasteiger partial charge >= 0.3 is 0 Å². The number of hydrogen-bond acceptors (Lipinski definition) is 3. The van der Waals surface area contributed by atoms with Gasteiger partial charge in [0.1, 0.15) is 5.02 Å². The first-order valence-electron chi connectivity index (χ1n) is 7.82. The van der Waals surface area contributed by atoms with Crippen molar-refractivity contribution in [2.75, 3.05) is 6.54 Å². The van der Waals surface area contributed by atoms with Crippen LogP contribution in [-0.2, 0) is 6.54 Å². The van der Waals surface area contributed by atoms with Crippen LogP contribution in [-0.4, -0.2) is 22.4 Å². The van der Waals surface area contributed by atoms with Crippen molar-refractivity contribution in [3.05, 3.63) is 38.9 Å². The lowest BCUT2D eigenvalue weighted by atomic mass is 9.78. The molecule has 1 aromatic rings. The van der Waals surface area contributed by atoms with Crippen LogP contribution in [0, 0.1) is 16.0 Å². The van der Waals surface area contributed by atoms with E-state index < -0.39 is 4.92 Å². The summed E-state index contributed by atoms with van der Waals surface area (Å²) in [5, 5.41) is 11.2. The molecule has 2 aliphatic rings. The summed E-state index contributed by atoms with van der Waals surface area (Å²) in [6.07, 6.45) is 7.90. The number of likely N-dealkylation sites (tertiary alicyclic amines) is 1. The second-order valence-electron chi connectivity index (χ2n) is 6.27. The average molecular weight is 309 g/mol. The molecule has 0 aromatic heterocycles. The quantitative estimate of drug-likeness (QED) is 0.614. The summed E-state index contributed by atoms with van der Waals surface area (Å²) < 4.78 is 0. The van der Waals surface area contributed by atoms with Gasteiger partial charge in [-0.05, 0) is 49.8 Å². The fraction of sp³-hybridized carbons (Fsp3) is 0.625. The Bertz CT molecular complexity index is 533. The van der Waals surface area contributed by atoms with Crippen LogP contribution in [0.1, 0.15) is 44.1 Å². The van der Waals surface area contributed by atoms with Gasteiger partial charge in [-0.3, -0.25) is 15.0 Å². The first kappa shape index (κ1) is 14.8. The molecule has 0 radical (unpaired) electrons. The molecule has 1 heterocycles. The minimum Gasteiger partial charge on any atom is -0.296 e. The minimum atomic E-state index is -0.397. The van der Waals surface area contributed by atoms with E-state index in [0.717, 1.165) is 24.6 Å². The van der Waals surface area contributed by atoms with Crippen LogP contribution in [0.3, 0.4) is 0 Å². The molecule has 0 unspecified atom stereocenters. The highest BCUT2D eigenvalue weighted by atomic mass is 35.5. The predicted octanol–water partition coefficient (Wildman–Crippen LogP) is 4.40. The Balaban J connectivity index is 1.76. The predicted molar refractivity (Wildman–Crippen MR) is 83.5 cm³/mol. The van der Waals surface area contributed by atoms with Crippen molar-refractivity contribution < 1.29 is 4.92 Å². The molecule has 1 aliphatic heterocycles. The van der Waals surface area contributed by atoms with E-state index in [4.69, 9.17) is 11.6 Å². The van der Waals surface area contributed by atoms with E-state index in [1.807, 2.05) is 6.07 Å². The maximum atomic E-state index is 11.0. The summed E-state index contributed by atoms with van der Waals surface area (Å²) in [6.45, 7) is 1.91. The van der Waals surface area contributed by atoms with E-state index in [1.165, 1.54) is 38.5 Å². The zero-order valence-corrected chi connectivity index (χ0v) is 12.9. The van der Waals surface area contributed by atoms with Crippen LogP contribution >= 0.6 is 11.6 Å². The molecule has 0 amide bonds. The van der Waals surface area contributed by atoms with Gasteiger partial charge in [-0.2, -0.15) is 0 Å². The number of nitro benzene ring substituents is 1. The van der Waals surface area contributed by atoms with Gasteiger partial charge in [-0.25, -0.2) is 0 Å². The van der Waals surface area contributed by atoms with Gasteiger partial charge < -0.3 is 0 Å². The number of nitro groups is 1. The lowest BCUT2D eigenvalue weighted by molar-refractivity contribution is -0.384. The number of benzene rings is 1. The molecule has 0 N–H and O–H groups in total. The molecule has 3 rings (SSSR count). The van der Waals surface area contributed by atoms with Crippen LogP contribution in [0.15, 0.2) is 18.2 Å². The van der Waals surface area contributed by atoms with Crippen molar-refractivity contribution >= 4 is 17.3 Å². The Labute approximate surface area is 130 Å². The van der Waals surface area contributed by atoms with E-state index in [-0.39, 0.29) is 10.7 Å². The van der Waals surface area contributed by atoms with Gasteiger partial charge in [-0.15, -0.1) is 0 Å². The highest BCUT2D eigenvalue weighted by molar-refractivity contribution is 6.32. The van der Waals surface area contributed by atoms with Crippen molar-refractivity contribution in [2.45, 2.75) is 51.1 Å². The Hall–Kier alpha value is -1.13. The number of hydrogen-bond donors (Lipinski definition) is 0. The normalized spacial score (nSPS) is 26.3. The fourth-order valence-electron chi connectivity index (χ4n) is 3.96. The number of halogens is 1. The van der Waals surface area contributed by atoms with E-state index in [9.17, 15) is 10.1 Å². The van der Waals surface area contributed by atoms with Crippen LogP contribution in [0.2, 0.25) is 5.02 Å². The third-order valence-corrected chi connectivity index (χ3v) is 5.27. The maximum Gasteiger partial charge on any atom is 0.288 e. The highest BCUT2D eigenvalue weighted by Gasteiger charge is 2.33. The first-order valence-corrected chi connectivity index (χ1v) is 8.20. The standard InChI is InChI=1S/C16H21ClN2O2/c17-14-8-7-12(10-16(14)19(20)21)11-18-9-3-5-13-4-1-2-6-15(13)18/h7-8,10,13,15H,1-6,9,11H2/t13-,15-/m1/s1. The summed E-state index contributed by atoms with van der Waals surface area (Å²) >= 11 is 5.89. The van der Waals surface area contributed by atoms with E-state index in [0.29, 0.717) is 6.04 Å². The molecule has 1 saturated heterocycles. The fourth-order valence-corrected chi connectivity index (χ4v) is 4.14. The molecule has 2 fully saturated rings. The smallest absolute Gasteiger partial charge is 0.288 e. The second-order valence-corrected chi connectivity index (χ2v) is 6.67. The van der Waals surface area contributed by atoms with E-state index in [1.54, 1.807) is 12.1 Å². The van der Waals surface area contributed by atoms with Crippen molar-refractivity contribution in [1.82, 2.24) is 4.90 Å². The van der Waals surface area contributed by atoms with Crippen molar-refractivity contribution in [3.8, 4) is 0 Å². The summed E-state index contributed by atoms with van der Waals surface area (Å²) in [5.41, 5.74) is 1.02. The van der Waals surface area contributed by atoms with E-state index >= 15 is 0 Å². The average Bonchev–Trinajstić information content (AvgIpc) is 2.49. The topological polar surface area (TPSA) is 46.4 Å².